The average Bonchev–Trinajstić information content (AvgIpc) is 1.91. The van der Waals surface area contributed by atoms with Gasteiger partial charge in [-0.05, 0) is 18.8 Å². The monoisotopic (exact) mass is 199 g/mol. The SMILES string of the molecule is FC(F)(F)CC1CCCC[C]1Cl. The van der Waals surface area contributed by atoms with Crippen molar-refractivity contribution in [1.82, 2.24) is 0 Å². The van der Waals surface area contributed by atoms with Crippen molar-refractivity contribution in [2.75, 3.05) is 0 Å². The second-order valence-electron chi connectivity index (χ2n) is 3.21. The highest BCUT2D eigenvalue weighted by Crippen LogP contribution is 2.40. The highest BCUT2D eigenvalue weighted by molar-refractivity contribution is 6.27. The molecule has 0 heterocycles. The molecule has 0 bridgehead atoms. The summed E-state index contributed by atoms with van der Waals surface area (Å²) >= 11 is 5.71. The third-order valence-corrected chi connectivity index (χ3v) is 2.64. The van der Waals surface area contributed by atoms with Crippen molar-refractivity contribution in [3.8, 4) is 0 Å². The van der Waals surface area contributed by atoms with Crippen LogP contribution in [0.15, 0.2) is 0 Å². The topological polar surface area (TPSA) is 0 Å². The van der Waals surface area contributed by atoms with E-state index in [9.17, 15) is 13.2 Å². The minimum atomic E-state index is -4.07. The lowest BCUT2D eigenvalue weighted by Crippen LogP contribution is -2.21. The Labute approximate surface area is 75.1 Å². The Hall–Kier alpha value is 0.0800. The Morgan fingerprint density at radius 1 is 1.33 bits per heavy atom. The van der Waals surface area contributed by atoms with Crippen molar-refractivity contribution < 1.29 is 13.2 Å². The van der Waals surface area contributed by atoms with Crippen molar-refractivity contribution in [3.05, 3.63) is 5.38 Å². The lowest BCUT2D eigenvalue weighted by atomic mass is 9.86. The molecule has 1 unspecified atom stereocenters. The van der Waals surface area contributed by atoms with Crippen LogP contribution in [0.5, 0.6) is 0 Å². The second-order valence-corrected chi connectivity index (χ2v) is 3.69. The maximum atomic E-state index is 11.9. The van der Waals surface area contributed by atoms with Crippen molar-refractivity contribution in [1.29, 1.82) is 0 Å². The van der Waals surface area contributed by atoms with Crippen LogP contribution in [0, 0.1) is 11.3 Å². The molecule has 0 nitrogen and oxygen atoms in total. The van der Waals surface area contributed by atoms with E-state index < -0.39 is 18.5 Å². The number of alkyl halides is 3. The van der Waals surface area contributed by atoms with Gasteiger partial charge in [-0.25, -0.2) is 0 Å². The van der Waals surface area contributed by atoms with E-state index in [-0.39, 0.29) is 0 Å². The summed E-state index contributed by atoms with van der Waals surface area (Å²) in [5.74, 6) is -0.430. The molecular weight excluding hydrogens is 189 g/mol. The maximum Gasteiger partial charge on any atom is 0.389 e. The lowest BCUT2D eigenvalue weighted by molar-refractivity contribution is -0.143. The molecular formula is C8H11ClF3. The van der Waals surface area contributed by atoms with Gasteiger partial charge in [0, 0.05) is 6.42 Å². The van der Waals surface area contributed by atoms with Gasteiger partial charge >= 0.3 is 6.18 Å². The standard InChI is InChI=1S/C8H11ClF3/c9-7-4-2-1-3-6(7)5-8(10,11)12/h6H,1-5H2. The molecule has 1 fully saturated rings. The summed E-state index contributed by atoms with van der Waals surface area (Å²) in [6, 6.07) is 0. The molecule has 4 heteroatoms. The summed E-state index contributed by atoms with van der Waals surface area (Å²) in [5.41, 5.74) is 0. The van der Waals surface area contributed by atoms with Crippen LogP contribution in [0.3, 0.4) is 0 Å². The highest BCUT2D eigenvalue weighted by atomic mass is 35.5. The van der Waals surface area contributed by atoms with Gasteiger partial charge in [0.15, 0.2) is 0 Å². The van der Waals surface area contributed by atoms with Crippen molar-refractivity contribution in [2.24, 2.45) is 5.92 Å². The number of halogens is 4. The summed E-state index contributed by atoms with van der Waals surface area (Å²) in [7, 11) is 0. The normalized spacial score (nSPS) is 27.5. The minimum absolute atomic E-state index is 0.430. The van der Waals surface area contributed by atoms with E-state index in [2.05, 4.69) is 0 Å². The quantitative estimate of drug-likeness (QED) is 0.601. The van der Waals surface area contributed by atoms with Crippen molar-refractivity contribution in [2.45, 2.75) is 38.3 Å². The van der Waals surface area contributed by atoms with E-state index in [1.807, 2.05) is 0 Å². The fraction of sp³-hybridized carbons (Fsp3) is 0.875. The van der Waals surface area contributed by atoms with Crippen LogP contribution in [0.2, 0.25) is 0 Å². The lowest BCUT2D eigenvalue weighted by Gasteiger charge is -2.26. The van der Waals surface area contributed by atoms with Gasteiger partial charge in [0.1, 0.15) is 0 Å². The molecule has 1 radical (unpaired) electrons. The molecule has 0 spiro atoms. The first-order valence-electron chi connectivity index (χ1n) is 4.07. The Balaban J connectivity index is 2.39. The largest absolute Gasteiger partial charge is 0.389 e. The third-order valence-electron chi connectivity index (χ3n) is 2.14. The summed E-state index contributed by atoms with van der Waals surface area (Å²) in [4.78, 5) is 0. The van der Waals surface area contributed by atoms with Crippen molar-refractivity contribution in [3.63, 3.8) is 0 Å². The van der Waals surface area contributed by atoms with Gasteiger partial charge < -0.3 is 0 Å². The molecule has 0 saturated heterocycles. The Morgan fingerprint density at radius 3 is 2.50 bits per heavy atom. The van der Waals surface area contributed by atoms with Gasteiger partial charge in [-0.2, -0.15) is 13.2 Å². The van der Waals surface area contributed by atoms with E-state index in [0.717, 1.165) is 12.8 Å². The molecule has 1 atom stereocenters. The van der Waals surface area contributed by atoms with Crippen LogP contribution in [0.4, 0.5) is 13.2 Å². The highest BCUT2D eigenvalue weighted by Gasteiger charge is 2.36. The Kier molecular flexibility index (Phi) is 3.27. The zero-order chi connectivity index (χ0) is 9.19. The molecule has 0 N–H and O–H groups in total. The zero-order valence-electron chi connectivity index (χ0n) is 6.62. The molecule has 12 heavy (non-hydrogen) atoms. The number of hydrogen-bond acceptors (Lipinski definition) is 0. The van der Waals surface area contributed by atoms with Crippen molar-refractivity contribution >= 4 is 11.6 Å². The van der Waals surface area contributed by atoms with E-state index in [1.54, 1.807) is 0 Å². The first kappa shape index (κ1) is 10.2. The molecule has 0 aromatic rings. The molecule has 1 aliphatic carbocycles. The Bertz CT molecular complexity index is 144. The molecule has 0 aliphatic heterocycles. The number of hydrogen-bond donors (Lipinski definition) is 0. The van der Waals surface area contributed by atoms with Gasteiger partial charge in [0.2, 0.25) is 0 Å². The van der Waals surface area contributed by atoms with E-state index in [1.165, 1.54) is 0 Å². The summed E-state index contributed by atoms with van der Waals surface area (Å²) in [5, 5.41) is 0.513. The van der Waals surface area contributed by atoms with Crippen LogP contribution in [0.25, 0.3) is 0 Å². The minimum Gasteiger partial charge on any atom is -0.171 e. The molecule has 1 rings (SSSR count). The van der Waals surface area contributed by atoms with Gasteiger partial charge in [0.25, 0.3) is 0 Å². The Morgan fingerprint density at radius 2 is 2.00 bits per heavy atom. The second kappa shape index (κ2) is 3.86. The van der Waals surface area contributed by atoms with E-state index in [0.29, 0.717) is 18.2 Å². The average molecular weight is 200 g/mol. The fourth-order valence-electron chi connectivity index (χ4n) is 1.54. The van der Waals surface area contributed by atoms with Crippen LogP contribution >= 0.6 is 11.6 Å². The molecule has 0 aromatic heterocycles. The van der Waals surface area contributed by atoms with Crippen LogP contribution in [-0.2, 0) is 0 Å². The first-order chi connectivity index (χ1) is 5.49. The molecule has 1 aliphatic rings. The van der Waals surface area contributed by atoms with Gasteiger partial charge in [0.05, 0.1) is 5.38 Å². The molecule has 71 valence electrons. The summed E-state index contributed by atoms with van der Waals surface area (Å²) < 4.78 is 35.8. The molecule has 0 amide bonds. The van der Waals surface area contributed by atoms with Gasteiger partial charge in [-0.15, -0.1) is 11.6 Å². The predicted octanol–water partition coefficient (Wildman–Crippen LogP) is 3.90. The fourth-order valence-corrected chi connectivity index (χ4v) is 1.86. The predicted molar refractivity (Wildman–Crippen MR) is 41.7 cm³/mol. The smallest absolute Gasteiger partial charge is 0.171 e. The first-order valence-corrected chi connectivity index (χ1v) is 4.45. The number of rotatable bonds is 1. The van der Waals surface area contributed by atoms with Crippen LogP contribution in [0.1, 0.15) is 32.1 Å². The van der Waals surface area contributed by atoms with E-state index >= 15 is 0 Å². The van der Waals surface area contributed by atoms with Gasteiger partial charge in [-0.1, -0.05) is 12.8 Å². The third kappa shape index (κ3) is 3.21. The zero-order valence-corrected chi connectivity index (χ0v) is 7.38. The van der Waals surface area contributed by atoms with E-state index in [4.69, 9.17) is 11.6 Å². The summed E-state index contributed by atoms with van der Waals surface area (Å²) in [6.45, 7) is 0. The summed E-state index contributed by atoms with van der Waals surface area (Å²) in [6.07, 6.45) is -1.75. The van der Waals surface area contributed by atoms with Crippen LogP contribution in [-0.4, -0.2) is 6.18 Å². The maximum absolute atomic E-state index is 11.9. The van der Waals surface area contributed by atoms with Crippen LogP contribution < -0.4 is 0 Å². The van der Waals surface area contributed by atoms with Gasteiger partial charge in [-0.3, -0.25) is 0 Å². The molecule has 0 aromatic carbocycles. The molecule has 1 saturated carbocycles.